The molecular formula is C28H30F3N3O2. The molecule has 1 saturated heterocycles. The molecule has 1 aliphatic rings. The zero-order chi connectivity index (χ0) is 25.5. The molecule has 0 aliphatic carbocycles. The van der Waals surface area contributed by atoms with Crippen molar-refractivity contribution >= 4 is 11.7 Å². The molecule has 8 heteroatoms. The second-order valence-electron chi connectivity index (χ2n) is 8.91. The van der Waals surface area contributed by atoms with Gasteiger partial charge in [-0.1, -0.05) is 54.6 Å². The fourth-order valence-corrected chi connectivity index (χ4v) is 4.29. The third kappa shape index (κ3) is 6.86. The average molecular weight is 498 g/mol. The summed E-state index contributed by atoms with van der Waals surface area (Å²) in [5, 5.41) is 2.94. The van der Waals surface area contributed by atoms with Crippen molar-refractivity contribution in [2.45, 2.75) is 19.2 Å². The van der Waals surface area contributed by atoms with Crippen LogP contribution in [0.25, 0.3) is 0 Å². The number of nitrogens with zero attached hydrogens (tertiary/aromatic N) is 2. The van der Waals surface area contributed by atoms with Crippen LogP contribution in [0, 0.1) is 6.92 Å². The van der Waals surface area contributed by atoms with Crippen molar-refractivity contribution in [1.82, 2.24) is 9.80 Å². The molecule has 5 nitrogen and oxygen atoms in total. The van der Waals surface area contributed by atoms with Gasteiger partial charge >= 0.3 is 12.2 Å². The lowest BCUT2D eigenvalue weighted by atomic mass is 9.99. The van der Waals surface area contributed by atoms with Gasteiger partial charge in [0.05, 0.1) is 12.2 Å². The topological polar surface area (TPSA) is 44.8 Å². The Hall–Kier alpha value is -3.36. The van der Waals surface area contributed by atoms with Gasteiger partial charge in [0.2, 0.25) is 0 Å². The van der Waals surface area contributed by atoms with Gasteiger partial charge in [-0.05, 0) is 47.9 Å². The van der Waals surface area contributed by atoms with E-state index in [1.54, 1.807) is 11.0 Å². The van der Waals surface area contributed by atoms with Crippen molar-refractivity contribution < 1.29 is 22.7 Å². The highest BCUT2D eigenvalue weighted by Gasteiger charge is 2.31. The number of carbonyl (C=O) groups excluding carboxylic acids is 1. The zero-order valence-corrected chi connectivity index (χ0v) is 20.2. The van der Waals surface area contributed by atoms with Crippen LogP contribution in [0.3, 0.4) is 0 Å². The summed E-state index contributed by atoms with van der Waals surface area (Å²) in [6, 6.07) is 22.1. The van der Waals surface area contributed by atoms with E-state index in [9.17, 15) is 18.0 Å². The first kappa shape index (κ1) is 25.7. The van der Waals surface area contributed by atoms with E-state index in [-0.39, 0.29) is 6.03 Å². The molecule has 0 unspecified atom stereocenters. The van der Waals surface area contributed by atoms with E-state index >= 15 is 0 Å². The molecule has 0 aromatic heterocycles. The van der Waals surface area contributed by atoms with Gasteiger partial charge in [-0.15, -0.1) is 0 Å². The molecule has 0 radical (unpaired) electrons. The molecule has 0 saturated carbocycles. The van der Waals surface area contributed by atoms with Crippen molar-refractivity contribution in [3.8, 4) is 0 Å². The first-order chi connectivity index (χ1) is 17.3. The summed E-state index contributed by atoms with van der Waals surface area (Å²) in [6.07, 6.45) is -5.02. The predicted octanol–water partition coefficient (Wildman–Crippen LogP) is 5.97. The molecule has 190 valence electrons. The second-order valence-corrected chi connectivity index (χ2v) is 8.91. The molecule has 1 heterocycles. The predicted molar refractivity (Wildman–Crippen MR) is 134 cm³/mol. The number of ether oxygens (including phenoxy) is 1. The molecular weight excluding hydrogens is 467 g/mol. The van der Waals surface area contributed by atoms with Crippen LogP contribution in [-0.4, -0.2) is 55.2 Å². The Kier molecular flexibility index (Phi) is 8.28. The van der Waals surface area contributed by atoms with Crippen molar-refractivity contribution in [2.24, 2.45) is 0 Å². The minimum atomic E-state index is -4.41. The summed E-state index contributed by atoms with van der Waals surface area (Å²) in [7, 11) is 0. The number of alkyl halides is 3. The Morgan fingerprint density at radius 1 is 0.917 bits per heavy atom. The zero-order valence-electron chi connectivity index (χ0n) is 20.2. The fourth-order valence-electron chi connectivity index (χ4n) is 4.29. The van der Waals surface area contributed by atoms with Crippen LogP contribution in [0.2, 0.25) is 0 Å². The van der Waals surface area contributed by atoms with Crippen LogP contribution in [-0.2, 0) is 10.9 Å². The van der Waals surface area contributed by atoms with Gasteiger partial charge in [0.25, 0.3) is 0 Å². The van der Waals surface area contributed by atoms with Crippen molar-refractivity contribution in [3.63, 3.8) is 0 Å². The van der Waals surface area contributed by atoms with Gasteiger partial charge in [-0.2, -0.15) is 13.2 Å². The number of hydrogen-bond acceptors (Lipinski definition) is 3. The quantitative estimate of drug-likeness (QED) is 0.438. The van der Waals surface area contributed by atoms with E-state index in [4.69, 9.17) is 4.74 Å². The Balaban J connectivity index is 1.32. The lowest BCUT2D eigenvalue weighted by Gasteiger charge is -2.35. The van der Waals surface area contributed by atoms with Crippen LogP contribution in [0.15, 0.2) is 78.9 Å². The lowest BCUT2D eigenvalue weighted by Crippen LogP contribution is -2.50. The Morgan fingerprint density at radius 2 is 1.61 bits per heavy atom. The highest BCUT2D eigenvalue weighted by atomic mass is 19.4. The number of amides is 2. The maximum absolute atomic E-state index is 13.3. The number of hydrogen-bond donors (Lipinski definition) is 1. The van der Waals surface area contributed by atoms with Crippen LogP contribution in [0.5, 0.6) is 0 Å². The van der Waals surface area contributed by atoms with Gasteiger partial charge in [0, 0.05) is 38.4 Å². The number of rotatable bonds is 7. The Bertz CT molecular complexity index is 1150. The highest BCUT2D eigenvalue weighted by Crippen LogP contribution is 2.33. The smallest absolute Gasteiger partial charge is 0.367 e. The number of anilines is 1. The van der Waals surface area contributed by atoms with Gasteiger partial charge in [-0.25, -0.2) is 4.79 Å². The van der Waals surface area contributed by atoms with Crippen molar-refractivity contribution in [1.29, 1.82) is 0 Å². The first-order valence-electron chi connectivity index (χ1n) is 12.0. The van der Waals surface area contributed by atoms with Crippen LogP contribution < -0.4 is 5.32 Å². The van der Waals surface area contributed by atoms with Crippen LogP contribution in [0.4, 0.5) is 23.7 Å². The molecule has 0 spiro atoms. The summed E-state index contributed by atoms with van der Waals surface area (Å²) < 4.78 is 46.0. The number of nitrogens with one attached hydrogen (secondary N) is 1. The summed E-state index contributed by atoms with van der Waals surface area (Å²) in [6.45, 7) is 5.53. The number of aryl methyl sites for hydroxylation is 1. The van der Waals surface area contributed by atoms with Gasteiger partial charge < -0.3 is 15.0 Å². The van der Waals surface area contributed by atoms with E-state index in [2.05, 4.69) is 10.2 Å². The Morgan fingerprint density at radius 3 is 2.31 bits per heavy atom. The summed E-state index contributed by atoms with van der Waals surface area (Å²) in [5.74, 6) is 0. The summed E-state index contributed by atoms with van der Waals surface area (Å²) >= 11 is 0. The number of halogens is 3. The van der Waals surface area contributed by atoms with Crippen LogP contribution in [0.1, 0.15) is 28.4 Å². The molecule has 3 aromatic carbocycles. The van der Waals surface area contributed by atoms with E-state index in [0.717, 1.165) is 28.9 Å². The third-order valence-electron chi connectivity index (χ3n) is 6.24. The second kappa shape index (κ2) is 11.6. The summed E-state index contributed by atoms with van der Waals surface area (Å²) in [4.78, 5) is 16.6. The van der Waals surface area contributed by atoms with Crippen molar-refractivity contribution in [2.75, 3.05) is 44.6 Å². The molecule has 1 aliphatic heterocycles. The SMILES string of the molecule is Cc1cccc(NC(=O)N2CCN(CCO[C@H](c3ccccc3)c3cccc(C(F)(F)F)c3)CC2)c1. The van der Waals surface area contributed by atoms with E-state index < -0.39 is 17.8 Å². The van der Waals surface area contributed by atoms with E-state index in [1.807, 2.05) is 61.5 Å². The molecule has 36 heavy (non-hydrogen) atoms. The van der Waals surface area contributed by atoms with Gasteiger partial charge in [0.15, 0.2) is 0 Å². The molecule has 2 amide bonds. The first-order valence-corrected chi connectivity index (χ1v) is 12.0. The summed E-state index contributed by atoms with van der Waals surface area (Å²) in [5.41, 5.74) is 2.43. The number of piperazine rings is 1. The maximum atomic E-state index is 13.3. The largest absolute Gasteiger partial charge is 0.416 e. The molecule has 1 N–H and O–H groups in total. The fraction of sp³-hybridized carbons (Fsp3) is 0.321. The minimum Gasteiger partial charge on any atom is -0.367 e. The minimum absolute atomic E-state index is 0.120. The van der Waals surface area contributed by atoms with E-state index in [0.29, 0.717) is 44.9 Å². The van der Waals surface area contributed by atoms with Gasteiger partial charge in [0.1, 0.15) is 6.10 Å². The van der Waals surface area contributed by atoms with E-state index in [1.165, 1.54) is 6.07 Å². The molecule has 4 rings (SSSR count). The molecule has 1 atom stereocenters. The normalized spacial score (nSPS) is 15.5. The number of benzene rings is 3. The maximum Gasteiger partial charge on any atom is 0.416 e. The van der Waals surface area contributed by atoms with Gasteiger partial charge in [-0.3, -0.25) is 4.90 Å². The Labute approximate surface area is 209 Å². The molecule has 1 fully saturated rings. The monoisotopic (exact) mass is 497 g/mol. The van der Waals surface area contributed by atoms with Crippen molar-refractivity contribution in [3.05, 3.63) is 101 Å². The molecule has 0 bridgehead atoms. The molecule has 3 aromatic rings. The van der Waals surface area contributed by atoms with Crippen LogP contribution >= 0.6 is 0 Å². The average Bonchev–Trinajstić information content (AvgIpc) is 2.87. The standard InChI is InChI=1S/C28H30F3N3O2/c1-21-7-5-12-25(19-21)32-27(35)34-15-13-33(14-16-34)17-18-36-26(22-8-3-2-4-9-22)23-10-6-11-24(20-23)28(29,30)31/h2-12,19-20,26H,13-18H2,1H3,(H,32,35)/t26-/m1/s1. The highest BCUT2D eigenvalue weighted by molar-refractivity contribution is 5.89. The third-order valence-corrected chi connectivity index (χ3v) is 6.24. The number of carbonyl (C=O) groups is 1. The lowest BCUT2D eigenvalue weighted by molar-refractivity contribution is -0.137. The number of urea groups is 1.